The van der Waals surface area contributed by atoms with Crippen LogP contribution in [0.1, 0.15) is 25.6 Å². The Morgan fingerprint density at radius 2 is 1.85 bits per heavy atom. The number of methoxy groups -OCH3 is 1. The van der Waals surface area contributed by atoms with Crippen molar-refractivity contribution in [2.75, 3.05) is 45.3 Å². The topological polar surface area (TPSA) is 112 Å². The Hall–Kier alpha value is -2.49. The number of primary amides is 1. The summed E-state index contributed by atoms with van der Waals surface area (Å²) >= 11 is 0.956. The number of quaternary nitrogens is 1. The van der Waals surface area contributed by atoms with Gasteiger partial charge in [-0.3, -0.25) is 9.59 Å². The number of esters is 1. The van der Waals surface area contributed by atoms with E-state index in [1.807, 2.05) is 0 Å². The molecule has 0 bridgehead atoms. The number of carbonyl (C=O) groups is 3. The van der Waals surface area contributed by atoms with Crippen LogP contribution in [0.2, 0.25) is 0 Å². The second-order valence-electron chi connectivity index (χ2n) is 5.71. The van der Waals surface area contributed by atoms with Crippen molar-refractivity contribution in [3.63, 3.8) is 0 Å². The lowest BCUT2D eigenvalue weighted by atomic mass is 10.1. The largest absolute Gasteiger partial charge is 0.460 e. The number of anilines is 1. The highest BCUT2D eigenvalue weighted by Gasteiger charge is 2.26. The number of hydrogen-bond acceptors (Lipinski definition) is 6. The zero-order chi connectivity index (χ0) is 20.4. The molecule has 0 saturated heterocycles. The molecule has 8 nitrogen and oxygen atoms in total. The molecule has 0 spiro atoms. The lowest BCUT2D eigenvalue weighted by molar-refractivity contribution is -0.879. The molecule has 0 aliphatic carbocycles. The fourth-order valence-electron chi connectivity index (χ4n) is 2.41. The molecule has 0 radical (unpaired) electrons. The number of thiophene rings is 1. The highest BCUT2D eigenvalue weighted by Crippen LogP contribution is 2.33. The predicted octanol–water partition coefficient (Wildman–Crippen LogP) is 0.154. The summed E-state index contributed by atoms with van der Waals surface area (Å²) in [4.78, 5) is 37.6. The smallest absolute Gasteiger partial charge is 0.341 e. The van der Waals surface area contributed by atoms with Gasteiger partial charge in [-0.1, -0.05) is 13.2 Å². The summed E-state index contributed by atoms with van der Waals surface area (Å²) in [5.41, 5.74) is 5.88. The van der Waals surface area contributed by atoms with Gasteiger partial charge in [0, 0.05) is 7.11 Å². The van der Waals surface area contributed by atoms with Crippen molar-refractivity contribution in [3.05, 3.63) is 41.3 Å². The van der Waals surface area contributed by atoms with Crippen molar-refractivity contribution < 1.29 is 28.8 Å². The molecule has 0 unspecified atom stereocenters. The van der Waals surface area contributed by atoms with Crippen molar-refractivity contribution >= 4 is 34.1 Å². The van der Waals surface area contributed by atoms with E-state index in [9.17, 15) is 14.4 Å². The van der Waals surface area contributed by atoms with E-state index in [-0.39, 0.29) is 41.1 Å². The molecule has 0 aromatic carbocycles. The molecule has 0 saturated carbocycles. The maximum absolute atomic E-state index is 12.4. The summed E-state index contributed by atoms with van der Waals surface area (Å²) in [6, 6.07) is 0. The molecule has 1 aromatic rings. The highest BCUT2D eigenvalue weighted by molar-refractivity contribution is 7.18. The summed E-state index contributed by atoms with van der Waals surface area (Å²) in [5.74, 6) is -1.63. The minimum absolute atomic E-state index is 0.0561. The summed E-state index contributed by atoms with van der Waals surface area (Å²) < 4.78 is 9.98. The van der Waals surface area contributed by atoms with Gasteiger partial charge < -0.3 is 25.4 Å². The normalized spacial score (nSPS) is 10.5. The molecule has 1 heterocycles. The number of rotatable bonds is 12. The van der Waals surface area contributed by atoms with Crippen LogP contribution >= 0.6 is 11.3 Å². The van der Waals surface area contributed by atoms with Gasteiger partial charge in [0.05, 0.1) is 30.1 Å². The first-order chi connectivity index (χ1) is 12.8. The van der Waals surface area contributed by atoms with Crippen LogP contribution in [0.5, 0.6) is 0 Å². The third-order valence-corrected chi connectivity index (χ3v) is 4.85. The summed E-state index contributed by atoms with van der Waals surface area (Å²) in [6.45, 7) is 10.6. The lowest BCUT2D eigenvalue weighted by Gasteiger charge is -2.15. The van der Waals surface area contributed by atoms with E-state index in [2.05, 4.69) is 18.5 Å². The van der Waals surface area contributed by atoms with Gasteiger partial charge >= 0.3 is 5.97 Å². The van der Waals surface area contributed by atoms with Crippen LogP contribution in [0.4, 0.5) is 5.00 Å². The number of hydrogen-bond donors (Lipinski definition) is 3. The molecule has 2 amide bonds. The van der Waals surface area contributed by atoms with Crippen LogP contribution in [-0.4, -0.2) is 57.7 Å². The van der Waals surface area contributed by atoms with Crippen molar-refractivity contribution in [3.8, 4) is 0 Å². The minimum atomic E-state index is -0.672. The number of amides is 2. The molecule has 0 aliphatic rings. The standard InChI is InChI=1S/C18H25N3O5S/c1-5-7-21(8-6-2)11-13(22)20-17-14(18(24)26-10-9-25-4)12(3)15(27-17)16(19)23/h5-6H,1-2,7-11H2,3-4H3,(H2,19,23)(H,20,22)/p+1. The molecule has 0 fully saturated rings. The second-order valence-corrected chi connectivity index (χ2v) is 6.73. The van der Waals surface area contributed by atoms with E-state index in [0.717, 1.165) is 16.2 Å². The van der Waals surface area contributed by atoms with Crippen molar-refractivity contribution in [2.45, 2.75) is 6.92 Å². The number of nitrogens with two attached hydrogens (primary N) is 1. The Bertz CT molecular complexity index is 704. The monoisotopic (exact) mass is 396 g/mol. The molecular weight excluding hydrogens is 370 g/mol. The fraction of sp³-hybridized carbons (Fsp3) is 0.389. The van der Waals surface area contributed by atoms with Gasteiger partial charge in [0.25, 0.3) is 11.8 Å². The third kappa shape index (κ3) is 6.63. The van der Waals surface area contributed by atoms with Crippen molar-refractivity contribution in [2.24, 2.45) is 5.73 Å². The quantitative estimate of drug-likeness (QED) is 0.265. The molecule has 148 valence electrons. The molecule has 27 heavy (non-hydrogen) atoms. The first kappa shape index (κ1) is 22.6. The number of ether oxygens (including phenoxy) is 2. The van der Waals surface area contributed by atoms with Crippen LogP contribution in [0.3, 0.4) is 0 Å². The van der Waals surface area contributed by atoms with Crippen LogP contribution in [0.15, 0.2) is 25.3 Å². The molecule has 4 N–H and O–H groups in total. The van der Waals surface area contributed by atoms with Gasteiger partial charge in [-0.2, -0.15) is 0 Å². The van der Waals surface area contributed by atoms with Crippen molar-refractivity contribution in [1.29, 1.82) is 0 Å². The van der Waals surface area contributed by atoms with Gasteiger partial charge in [-0.05, 0) is 24.6 Å². The maximum Gasteiger partial charge on any atom is 0.341 e. The Morgan fingerprint density at radius 3 is 2.37 bits per heavy atom. The summed E-state index contributed by atoms with van der Waals surface area (Å²) in [6.07, 6.45) is 3.43. The molecule has 9 heteroatoms. The van der Waals surface area contributed by atoms with Gasteiger partial charge in [0.2, 0.25) is 0 Å². The van der Waals surface area contributed by atoms with Crippen LogP contribution in [0.25, 0.3) is 0 Å². The van der Waals surface area contributed by atoms with E-state index < -0.39 is 11.9 Å². The fourth-order valence-corrected chi connectivity index (χ4v) is 3.47. The van der Waals surface area contributed by atoms with Crippen molar-refractivity contribution in [1.82, 2.24) is 0 Å². The summed E-state index contributed by atoms with van der Waals surface area (Å²) in [7, 11) is 1.49. The number of nitrogens with one attached hydrogen (secondary N) is 2. The molecule has 1 aromatic heterocycles. The Kier molecular flexibility index (Phi) is 9.41. The van der Waals surface area contributed by atoms with E-state index >= 15 is 0 Å². The molecule has 0 aliphatic heterocycles. The maximum atomic E-state index is 12.4. The predicted molar refractivity (Wildman–Crippen MR) is 104 cm³/mol. The zero-order valence-corrected chi connectivity index (χ0v) is 16.4. The van der Waals surface area contributed by atoms with E-state index in [4.69, 9.17) is 15.2 Å². The van der Waals surface area contributed by atoms with Gasteiger partial charge in [-0.25, -0.2) is 4.79 Å². The summed E-state index contributed by atoms with van der Waals surface area (Å²) in [5, 5.41) is 2.94. The van der Waals surface area contributed by atoms with Crippen LogP contribution in [0, 0.1) is 6.92 Å². The average Bonchev–Trinajstić information content (AvgIpc) is 2.91. The first-order valence-corrected chi connectivity index (χ1v) is 9.11. The second kappa shape index (κ2) is 11.3. The van der Waals surface area contributed by atoms with Gasteiger partial charge in [0.1, 0.15) is 11.6 Å². The lowest BCUT2D eigenvalue weighted by Crippen LogP contribution is -3.12. The van der Waals surface area contributed by atoms with E-state index in [0.29, 0.717) is 18.7 Å². The third-order valence-electron chi connectivity index (χ3n) is 3.62. The Balaban J connectivity index is 3.03. The Labute approximate surface area is 162 Å². The van der Waals surface area contributed by atoms with Gasteiger partial charge in [-0.15, -0.1) is 11.3 Å². The molecular formula is C18H26N3O5S+. The van der Waals surface area contributed by atoms with Crippen LogP contribution < -0.4 is 16.0 Å². The zero-order valence-electron chi connectivity index (χ0n) is 15.6. The molecule has 0 atom stereocenters. The average molecular weight is 396 g/mol. The van der Waals surface area contributed by atoms with Crippen LogP contribution in [-0.2, 0) is 14.3 Å². The SMILES string of the molecule is C=CC[NH+](CC=C)CC(=O)Nc1sc(C(N)=O)c(C)c1C(=O)OCCOC. The highest BCUT2D eigenvalue weighted by atomic mass is 32.1. The van der Waals surface area contributed by atoms with E-state index in [1.54, 1.807) is 19.1 Å². The minimum Gasteiger partial charge on any atom is -0.460 e. The number of carbonyl (C=O) groups excluding carboxylic acids is 3. The Morgan fingerprint density at radius 1 is 1.22 bits per heavy atom. The molecule has 1 rings (SSSR count). The van der Waals surface area contributed by atoms with Gasteiger partial charge in [0.15, 0.2) is 6.54 Å². The first-order valence-electron chi connectivity index (χ1n) is 8.30. The van der Waals surface area contributed by atoms with E-state index in [1.165, 1.54) is 7.11 Å².